The Bertz CT molecular complexity index is 749. The molecule has 0 fully saturated rings. The number of thiazole rings is 1. The topological polar surface area (TPSA) is 97.5 Å². The molecule has 0 bridgehead atoms. The molecular weight excluding hydrogens is 364 g/mol. The fourth-order valence-electron chi connectivity index (χ4n) is 2.00. The van der Waals surface area contributed by atoms with Crippen LogP contribution in [0.25, 0.3) is 0 Å². The van der Waals surface area contributed by atoms with E-state index < -0.39 is 0 Å². The third-order valence-corrected chi connectivity index (χ3v) is 4.01. The number of nitrogens with two attached hydrogens (primary N) is 1. The van der Waals surface area contributed by atoms with Crippen LogP contribution >= 0.6 is 23.7 Å². The molecule has 9 heteroatoms. The molecule has 2 aromatic rings. The molecule has 1 heterocycles. The zero-order valence-electron chi connectivity index (χ0n) is 14.2. The lowest BCUT2D eigenvalue weighted by atomic mass is 10.1. The number of amides is 2. The van der Waals surface area contributed by atoms with Gasteiger partial charge in [-0.3, -0.25) is 9.59 Å². The van der Waals surface area contributed by atoms with Gasteiger partial charge in [-0.05, 0) is 25.1 Å². The highest BCUT2D eigenvalue weighted by atomic mass is 35.5. The quantitative estimate of drug-likeness (QED) is 0.796. The van der Waals surface area contributed by atoms with Crippen LogP contribution < -0.4 is 15.8 Å². The van der Waals surface area contributed by atoms with Crippen molar-refractivity contribution in [1.29, 1.82) is 0 Å². The van der Waals surface area contributed by atoms with Crippen molar-refractivity contribution in [3.8, 4) is 5.75 Å². The minimum Gasteiger partial charge on any atom is -0.492 e. The van der Waals surface area contributed by atoms with Gasteiger partial charge in [0.1, 0.15) is 16.5 Å². The van der Waals surface area contributed by atoms with Crippen molar-refractivity contribution in [3.63, 3.8) is 0 Å². The number of anilines is 1. The summed E-state index contributed by atoms with van der Waals surface area (Å²) < 4.78 is 5.52. The van der Waals surface area contributed by atoms with E-state index >= 15 is 0 Å². The molecule has 0 aliphatic carbocycles. The maximum absolute atomic E-state index is 12.4. The van der Waals surface area contributed by atoms with Crippen molar-refractivity contribution in [1.82, 2.24) is 9.88 Å². The summed E-state index contributed by atoms with van der Waals surface area (Å²) in [4.78, 5) is 30.1. The Labute approximate surface area is 156 Å². The SMILES string of the molecule is CCOc1ccc(C(=O)N(C)C)cc1NC(=O)c1csc(CN)n1.Cl. The predicted octanol–water partition coefficient (Wildman–Crippen LogP) is 2.38. The molecule has 3 N–H and O–H groups in total. The summed E-state index contributed by atoms with van der Waals surface area (Å²) in [5.74, 6) is -0.0376. The second-order valence-corrected chi connectivity index (χ2v) is 6.07. The van der Waals surface area contributed by atoms with Gasteiger partial charge in [-0.2, -0.15) is 0 Å². The van der Waals surface area contributed by atoms with Crippen LogP contribution in [0.1, 0.15) is 32.8 Å². The van der Waals surface area contributed by atoms with E-state index in [4.69, 9.17) is 10.5 Å². The number of carbonyl (C=O) groups excluding carboxylic acids is 2. The Morgan fingerprint density at radius 2 is 2.08 bits per heavy atom. The Morgan fingerprint density at radius 3 is 2.64 bits per heavy atom. The lowest BCUT2D eigenvalue weighted by Gasteiger charge is -2.15. The van der Waals surface area contributed by atoms with Gasteiger partial charge in [0, 0.05) is 31.6 Å². The zero-order valence-corrected chi connectivity index (χ0v) is 15.9. The molecule has 7 nitrogen and oxygen atoms in total. The first kappa shape index (κ1) is 20.9. The summed E-state index contributed by atoms with van der Waals surface area (Å²) >= 11 is 1.33. The van der Waals surface area contributed by atoms with Gasteiger partial charge in [0.05, 0.1) is 12.3 Å². The third-order valence-electron chi connectivity index (χ3n) is 3.14. The standard InChI is InChI=1S/C16H20N4O3S.ClH/c1-4-23-13-6-5-10(16(22)20(2)3)7-11(13)19-15(21)12-9-24-14(8-17)18-12;/h5-7,9H,4,8,17H2,1-3H3,(H,19,21);1H. The van der Waals surface area contributed by atoms with Crippen LogP contribution in [0, 0.1) is 0 Å². The minimum absolute atomic E-state index is 0. The fourth-order valence-corrected chi connectivity index (χ4v) is 2.65. The molecule has 0 atom stereocenters. The van der Waals surface area contributed by atoms with E-state index in [0.29, 0.717) is 28.6 Å². The van der Waals surface area contributed by atoms with Crippen LogP contribution in [0.3, 0.4) is 0 Å². The summed E-state index contributed by atoms with van der Waals surface area (Å²) in [6.45, 7) is 2.57. The van der Waals surface area contributed by atoms with Gasteiger partial charge in [0.25, 0.3) is 11.8 Å². The highest BCUT2D eigenvalue weighted by Crippen LogP contribution is 2.27. The third kappa shape index (κ3) is 5.15. The van der Waals surface area contributed by atoms with Crippen LogP contribution in [-0.2, 0) is 6.54 Å². The van der Waals surface area contributed by atoms with Crippen LogP contribution in [-0.4, -0.2) is 42.4 Å². The number of aromatic nitrogens is 1. The highest BCUT2D eigenvalue weighted by molar-refractivity contribution is 7.09. The second kappa shape index (κ2) is 9.36. The van der Waals surface area contributed by atoms with Gasteiger partial charge in [0.15, 0.2) is 0 Å². The van der Waals surface area contributed by atoms with Gasteiger partial charge < -0.3 is 20.7 Å². The first-order valence-electron chi connectivity index (χ1n) is 7.40. The van der Waals surface area contributed by atoms with E-state index in [2.05, 4.69) is 10.3 Å². The molecule has 1 aromatic heterocycles. The fraction of sp³-hybridized carbons (Fsp3) is 0.312. The van der Waals surface area contributed by atoms with Crippen molar-refractivity contribution >= 4 is 41.2 Å². The van der Waals surface area contributed by atoms with Gasteiger partial charge in [-0.15, -0.1) is 23.7 Å². The van der Waals surface area contributed by atoms with Gasteiger partial charge >= 0.3 is 0 Å². The van der Waals surface area contributed by atoms with Crippen LogP contribution in [0.5, 0.6) is 5.75 Å². The number of ether oxygens (including phenoxy) is 1. The van der Waals surface area contributed by atoms with E-state index in [1.165, 1.54) is 16.2 Å². The number of rotatable bonds is 6. The van der Waals surface area contributed by atoms with Crippen LogP contribution in [0.2, 0.25) is 0 Å². The number of carbonyl (C=O) groups is 2. The molecule has 0 saturated carbocycles. The number of hydrogen-bond acceptors (Lipinski definition) is 6. The molecule has 0 saturated heterocycles. The normalized spacial score (nSPS) is 9.92. The van der Waals surface area contributed by atoms with Crippen molar-refractivity contribution in [3.05, 3.63) is 39.8 Å². The van der Waals surface area contributed by atoms with Gasteiger partial charge in [-0.25, -0.2) is 4.98 Å². The average Bonchev–Trinajstić information content (AvgIpc) is 3.05. The van der Waals surface area contributed by atoms with Crippen molar-refractivity contribution in [2.24, 2.45) is 5.73 Å². The lowest BCUT2D eigenvalue weighted by Crippen LogP contribution is -2.22. The van der Waals surface area contributed by atoms with Crippen molar-refractivity contribution in [2.45, 2.75) is 13.5 Å². The number of hydrogen-bond donors (Lipinski definition) is 2. The summed E-state index contributed by atoms with van der Waals surface area (Å²) in [5.41, 5.74) is 6.69. The van der Waals surface area contributed by atoms with Gasteiger partial charge in [0.2, 0.25) is 0 Å². The van der Waals surface area contributed by atoms with Crippen LogP contribution in [0.15, 0.2) is 23.6 Å². The number of nitrogens with one attached hydrogen (secondary N) is 1. The van der Waals surface area contributed by atoms with E-state index in [1.807, 2.05) is 6.92 Å². The maximum Gasteiger partial charge on any atom is 0.275 e. The predicted molar refractivity (Wildman–Crippen MR) is 101 cm³/mol. The molecular formula is C16H21ClN4O3S. The second-order valence-electron chi connectivity index (χ2n) is 5.13. The van der Waals surface area contributed by atoms with Crippen molar-refractivity contribution in [2.75, 3.05) is 26.0 Å². The molecule has 2 amide bonds. The molecule has 136 valence electrons. The Morgan fingerprint density at radius 1 is 1.36 bits per heavy atom. The highest BCUT2D eigenvalue weighted by Gasteiger charge is 2.16. The average molecular weight is 385 g/mol. The number of halogens is 1. The zero-order chi connectivity index (χ0) is 17.7. The first-order valence-corrected chi connectivity index (χ1v) is 8.28. The Balaban J connectivity index is 0.00000312. The molecule has 2 rings (SSSR count). The van der Waals surface area contributed by atoms with E-state index in [1.54, 1.807) is 37.7 Å². The Kier molecular flexibility index (Phi) is 7.82. The summed E-state index contributed by atoms with van der Waals surface area (Å²) in [7, 11) is 3.33. The van der Waals surface area contributed by atoms with E-state index in [-0.39, 0.29) is 36.5 Å². The molecule has 1 aromatic carbocycles. The Hall–Kier alpha value is -2.16. The van der Waals surface area contributed by atoms with Gasteiger partial charge in [-0.1, -0.05) is 0 Å². The summed E-state index contributed by atoms with van der Waals surface area (Å²) in [6, 6.07) is 4.93. The number of nitrogens with zero attached hydrogens (tertiary/aromatic N) is 2. The van der Waals surface area contributed by atoms with E-state index in [9.17, 15) is 9.59 Å². The molecule has 25 heavy (non-hydrogen) atoms. The number of benzene rings is 1. The maximum atomic E-state index is 12.4. The molecule has 0 unspecified atom stereocenters. The minimum atomic E-state index is -0.374. The monoisotopic (exact) mass is 384 g/mol. The van der Waals surface area contributed by atoms with Crippen molar-refractivity contribution < 1.29 is 14.3 Å². The van der Waals surface area contributed by atoms with E-state index in [0.717, 1.165) is 0 Å². The molecule has 0 aliphatic rings. The smallest absolute Gasteiger partial charge is 0.275 e. The summed E-state index contributed by atoms with van der Waals surface area (Å²) in [6.07, 6.45) is 0. The van der Waals surface area contributed by atoms with Crippen LogP contribution in [0.4, 0.5) is 5.69 Å². The molecule has 0 aliphatic heterocycles. The molecule has 0 spiro atoms. The summed E-state index contributed by atoms with van der Waals surface area (Å²) in [5, 5.41) is 5.08. The largest absolute Gasteiger partial charge is 0.492 e. The first-order chi connectivity index (χ1) is 11.5. The molecule has 0 radical (unpaired) electrons. The lowest BCUT2D eigenvalue weighted by molar-refractivity contribution is 0.0827.